The van der Waals surface area contributed by atoms with Crippen LogP contribution in [0.4, 0.5) is 5.69 Å². The highest BCUT2D eigenvalue weighted by atomic mass is 15.1. The van der Waals surface area contributed by atoms with Crippen molar-refractivity contribution in [1.82, 2.24) is 0 Å². The molecule has 1 heteroatoms. The molecule has 0 amide bonds. The van der Waals surface area contributed by atoms with Gasteiger partial charge in [0, 0.05) is 18.8 Å². The minimum absolute atomic E-state index is 1.24. The van der Waals surface area contributed by atoms with Crippen molar-refractivity contribution >= 4 is 5.69 Å². The van der Waals surface area contributed by atoms with E-state index in [1.54, 1.807) is 0 Å². The van der Waals surface area contributed by atoms with E-state index in [0.717, 1.165) is 0 Å². The van der Waals surface area contributed by atoms with Crippen LogP contribution in [0.5, 0.6) is 0 Å². The van der Waals surface area contributed by atoms with Gasteiger partial charge >= 0.3 is 0 Å². The fourth-order valence-corrected chi connectivity index (χ4v) is 9.54. The first-order chi connectivity index (χ1) is 29.4. The number of para-hydroxylation sites is 1. The lowest BCUT2D eigenvalue weighted by molar-refractivity contribution is 0.515. The third kappa shape index (κ3) is 43.5. The molecule has 0 saturated heterocycles. The van der Waals surface area contributed by atoms with Gasteiger partial charge in [-0.15, -0.1) is 0 Å². The number of rotatable bonds is 51. The monoisotopic (exact) mass is 822 g/mol. The summed E-state index contributed by atoms with van der Waals surface area (Å²) in [6.07, 6.45) is 70.2. The first kappa shape index (κ1) is 56.0. The maximum Gasteiger partial charge on any atom is 0.0366 e. The van der Waals surface area contributed by atoms with E-state index in [2.05, 4.69) is 49.1 Å². The van der Waals surface area contributed by atoms with E-state index in [9.17, 15) is 0 Å². The molecule has 0 fully saturated rings. The zero-order valence-corrected chi connectivity index (χ0v) is 41.2. The molecule has 0 atom stereocenters. The molecule has 0 aliphatic carbocycles. The zero-order valence-electron chi connectivity index (χ0n) is 41.2. The number of anilines is 1. The Bertz CT molecular complexity index is 811. The quantitative estimate of drug-likeness (QED) is 0.0592. The van der Waals surface area contributed by atoms with Gasteiger partial charge in [-0.25, -0.2) is 0 Å². The number of nitrogens with zero attached hydrogens (tertiary/aromatic N) is 1. The summed E-state index contributed by atoms with van der Waals surface area (Å²) in [5.74, 6) is 0. The first-order valence-electron chi connectivity index (χ1n) is 28.2. The summed E-state index contributed by atoms with van der Waals surface area (Å²) >= 11 is 0. The van der Waals surface area contributed by atoms with Crippen molar-refractivity contribution in [2.45, 2.75) is 322 Å². The van der Waals surface area contributed by atoms with E-state index >= 15 is 0 Å². The lowest BCUT2D eigenvalue weighted by atomic mass is 10.0. The van der Waals surface area contributed by atoms with Crippen LogP contribution in [-0.4, -0.2) is 13.1 Å². The summed E-state index contributed by atoms with van der Waals surface area (Å²) in [6.45, 7) is 7.10. The van der Waals surface area contributed by atoms with E-state index in [1.807, 2.05) is 0 Å². The van der Waals surface area contributed by atoms with Gasteiger partial charge in [-0.1, -0.05) is 327 Å². The predicted molar refractivity (Wildman–Crippen MR) is 272 cm³/mol. The van der Waals surface area contributed by atoms with Crippen molar-refractivity contribution in [3.05, 3.63) is 30.3 Å². The molecule has 348 valence electrons. The van der Waals surface area contributed by atoms with Crippen LogP contribution in [0, 0.1) is 0 Å². The van der Waals surface area contributed by atoms with Crippen LogP contribution in [-0.2, 0) is 0 Å². The summed E-state index contributed by atoms with van der Waals surface area (Å²) in [4.78, 5) is 2.69. The van der Waals surface area contributed by atoms with Crippen LogP contribution in [0.25, 0.3) is 0 Å². The minimum atomic E-state index is 1.24. The lowest BCUT2D eigenvalue weighted by Crippen LogP contribution is -2.25. The van der Waals surface area contributed by atoms with Crippen LogP contribution >= 0.6 is 0 Å². The predicted octanol–water partition coefficient (Wildman–Crippen LogP) is 21.3. The number of hydrogen-bond acceptors (Lipinski definition) is 1. The van der Waals surface area contributed by atoms with Gasteiger partial charge < -0.3 is 4.90 Å². The molecule has 0 heterocycles. The summed E-state index contributed by atoms with van der Waals surface area (Å²) < 4.78 is 0. The second kappa shape index (κ2) is 49.7. The largest absolute Gasteiger partial charge is 0.372 e. The highest BCUT2D eigenvalue weighted by molar-refractivity contribution is 5.45. The van der Waals surface area contributed by atoms with Gasteiger partial charge in [0.1, 0.15) is 0 Å². The zero-order chi connectivity index (χ0) is 42.0. The Morgan fingerprint density at radius 1 is 0.220 bits per heavy atom. The SMILES string of the molecule is CCCCCCCCCCCCCCCCCCCCCCCCCCN(CCCCCCCCCCCCCCCCCCCCCCCCCC)c1ccccc1. The molecule has 0 spiro atoms. The standard InChI is InChI=1S/C58H111N/c1-3-5-7-9-11-13-15-17-19-21-23-25-27-29-31-33-35-37-39-41-43-45-47-52-56-59(58-54-50-49-51-55-58)57-53-48-46-44-42-40-38-36-34-32-30-28-26-24-22-20-18-16-14-12-10-8-6-4-2/h49-51,54-55H,3-48,52-53,56-57H2,1-2H3. The Hall–Kier alpha value is -0.980. The Kier molecular flexibility index (Phi) is 47.2. The van der Waals surface area contributed by atoms with Crippen LogP contribution < -0.4 is 4.90 Å². The van der Waals surface area contributed by atoms with Gasteiger partial charge in [0.15, 0.2) is 0 Å². The van der Waals surface area contributed by atoms with Gasteiger partial charge in [-0.05, 0) is 25.0 Å². The second-order valence-corrected chi connectivity index (χ2v) is 19.6. The molecule has 1 rings (SSSR count). The number of unbranched alkanes of at least 4 members (excludes halogenated alkanes) is 46. The van der Waals surface area contributed by atoms with E-state index in [-0.39, 0.29) is 0 Å². The maximum absolute atomic E-state index is 2.69. The van der Waals surface area contributed by atoms with E-state index in [1.165, 1.54) is 327 Å². The van der Waals surface area contributed by atoms with Crippen LogP contribution in [0.1, 0.15) is 322 Å². The Morgan fingerprint density at radius 2 is 0.390 bits per heavy atom. The molecular formula is C58H111N. The van der Waals surface area contributed by atoms with Crippen molar-refractivity contribution < 1.29 is 0 Å². The van der Waals surface area contributed by atoms with E-state index in [4.69, 9.17) is 0 Å². The molecular weight excluding hydrogens is 711 g/mol. The molecule has 0 aliphatic rings. The minimum Gasteiger partial charge on any atom is -0.372 e. The van der Waals surface area contributed by atoms with Crippen molar-refractivity contribution in [3.63, 3.8) is 0 Å². The highest BCUT2D eigenvalue weighted by Gasteiger charge is 2.06. The maximum atomic E-state index is 2.69. The third-order valence-electron chi connectivity index (χ3n) is 13.7. The number of benzene rings is 1. The molecule has 0 unspecified atom stereocenters. The van der Waals surface area contributed by atoms with Gasteiger partial charge in [0.05, 0.1) is 0 Å². The molecule has 1 aromatic rings. The molecule has 0 N–H and O–H groups in total. The molecule has 0 aromatic heterocycles. The van der Waals surface area contributed by atoms with Crippen molar-refractivity contribution in [3.8, 4) is 0 Å². The molecule has 1 nitrogen and oxygen atoms in total. The molecule has 0 aliphatic heterocycles. The Labute approximate surface area is 374 Å². The van der Waals surface area contributed by atoms with Crippen molar-refractivity contribution in [2.24, 2.45) is 0 Å². The molecule has 59 heavy (non-hydrogen) atoms. The summed E-state index contributed by atoms with van der Waals surface area (Å²) in [5, 5.41) is 0. The van der Waals surface area contributed by atoms with E-state index in [0.29, 0.717) is 0 Å². The summed E-state index contributed by atoms with van der Waals surface area (Å²) in [5.41, 5.74) is 1.44. The average Bonchev–Trinajstić information content (AvgIpc) is 3.26. The second-order valence-electron chi connectivity index (χ2n) is 19.6. The number of hydrogen-bond donors (Lipinski definition) is 0. The normalized spacial score (nSPS) is 11.6. The van der Waals surface area contributed by atoms with Gasteiger partial charge in [0.2, 0.25) is 0 Å². The van der Waals surface area contributed by atoms with Crippen LogP contribution in [0.3, 0.4) is 0 Å². The average molecular weight is 823 g/mol. The van der Waals surface area contributed by atoms with Crippen molar-refractivity contribution in [2.75, 3.05) is 18.0 Å². The topological polar surface area (TPSA) is 3.24 Å². The molecule has 0 radical (unpaired) electrons. The third-order valence-corrected chi connectivity index (χ3v) is 13.7. The lowest BCUT2D eigenvalue weighted by Gasteiger charge is -2.25. The van der Waals surface area contributed by atoms with Gasteiger partial charge in [0.25, 0.3) is 0 Å². The van der Waals surface area contributed by atoms with Crippen molar-refractivity contribution in [1.29, 1.82) is 0 Å². The summed E-state index contributed by atoms with van der Waals surface area (Å²) in [6, 6.07) is 11.3. The molecule has 0 bridgehead atoms. The smallest absolute Gasteiger partial charge is 0.0366 e. The Balaban J connectivity index is 1.85. The summed E-state index contributed by atoms with van der Waals surface area (Å²) in [7, 11) is 0. The van der Waals surface area contributed by atoms with Crippen LogP contribution in [0.2, 0.25) is 0 Å². The Morgan fingerprint density at radius 3 is 0.576 bits per heavy atom. The molecule has 1 aromatic carbocycles. The fraction of sp³-hybridized carbons (Fsp3) is 0.897. The molecule has 0 saturated carbocycles. The first-order valence-corrected chi connectivity index (χ1v) is 28.2. The van der Waals surface area contributed by atoms with Gasteiger partial charge in [-0.3, -0.25) is 0 Å². The van der Waals surface area contributed by atoms with Crippen LogP contribution in [0.15, 0.2) is 30.3 Å². The fourth-order valence-electron chi connectivity index (χ4n) is 9.54. The highest BCUT2D eigenvalue weighted by Crippen LogP contribution is 2.20. The van der Waals surface area contributed by atoms with E-state index < -0.39 is 0 Å². The van der Waals surface area contributed by atoms with Gasteiger partial charge in [-0.2, -0.15) is 0 Å².